The third-order valence-corrected chi connectivity index (χ3v) is 4.44. The third kappa shape index (κ3) is 3.88. The van der Waals surface area contributed by atoms with E-state index in [0.29, 0.717) is 12.2 Å². The topological polar surface area (TPSA) is 57.9 Å². The zero-order chi connectivity index (χ0) is 16.3. The van der Waals surface area contributed by atoms with Crippen LogP contribution in [0.15, 0.2) is 34.2 Å². The molecule has 2 rings (SSSR count). The molecule has 0 unspecified atom stereocenters. The van der Waals surface area contributed by atoms with Crippen LogP contribution < -0.4 is 5.11 Å². The van der Waals surface area contributed by atoms with Crippen LogP contribution in [0.2, 0.25) is 0 Å². The highest BCUT2D eigenvalue weighted by atomic mass is 32.2. The number of hydrogen-bond acceptors (Lipinski definition) is 4. The van der Waals surface area contributed by atoms with Gasteiger partial charge in [-0.3, -0.25) is 0 Å². The van der Waals surface area contributed by atoms with E-state index < -0.39 is 5.97 Å². The van der Waals surface area contributed by atoms with Gasteiger partial charge in [0.1, 0.15) is 16.7 Å². The Kier molecular flexibility index (Phi) is 5.24. The van der Waals surface area contributed by atoms with E-state index in [1.807, 2.05) is 31.5 Å². The van der Waals surface area contributed by atoms with Crippen molar-refractivity contribution in [3.63, 3.8) is 0 Å². The van der Waals surface area contributed by atoms with Crippen LogP contribution >= 0.6 is 11.8 Å². The number of aryl methyl sites for hydroxylation is 1. The van der Waals surface area contributed by atoms with Gasteiger partial charge in [0, 0.05) is 24.3 Å². The van der Waals surface area contributed by atoms with Crippen LogP contribution in [0.1, 0.15) is 37.7 Å². The molecule has 1 heterocycles. The van der Waals surface area contributed by atoms with Gasteiger partial charge in [-0.15, -0.1) is 0 Å². The van der Waals surface area contributed by atoms with Gasteiger partial charge in [0.2, 0.25) is 0 Å². The van der Waals surface area contributed by atoms with Gasteiger partial charge in [-0.05, 0) is 30.5 Å². The average molecular weight is 321 g/mol. The van der Waals surface area contributed by atoms with E-state index in [1.165, 1.54) is 23.9 Å². The molecule has 4 nitrogen and oxygen atoms in total. The number of imidazole rings is 1. The van der Waals surface area contributed by atoms with Gasteiger partial charge in [-0.2, -0.15) is 0 Å². The molecular formula is C16H18FN2O2S-. The molecule has 0 amide bonds. The molecule has 0 radical (unpaired) electrons. The number of halogens is 1. The summed E-state index contributed by atoms with van der Waals surface area (Å²) < 4.78 is 15.2. The summed E-state index contributed by atoms with van der Waals surface area (Å²) in [6.07, 6.45) is 0.259. The molecule has 0 N–H and O–H groups in total. The quantitative estimate of drug-likeness (QED) is 0.820. The fourth-order valence-electron chi connectivity index (χ4n) is 2.13. The Hall–Kier alpha value is -1.82. The molecule has 1 aromatic heterocycles. The van der Waals surface area contributed by atoms with E-state index in [2.05, 4.69) is 4.98 Å². The second-order valence-electron chi connectivity index (χ2n) is 5.36. The summed E-state index contributed by atoms with van der Waals surface area (Å²) in [5.41, 5.74) is 0.894. The fraction of sp³-hybridized carbons (Fsp3) is 0.375. The molecule has 6 heteroatoms. The Balaban J connectivity index is 2.34. The number of benzene rings is 1. The number of carboxylic acids is 1. The van der Waals surface area contributed by atoms with E-state index >= 15 is 0 Å². The maximum absolute atomic E-state index is 13.3. The lowest BCUT2D eigenvalue weighted by molar-refractivity contribution is -0.305. The number of carboxylic acid groups (broad SMARTS) is 1. The predicted octanol–water partition coefficient (Wildman–Crippen LogP) is 2.52. The molecule has 0 atom stereocenters. The van der Waals surface area contributed by atoms with Crippen molar-refractivity contribution in [3.8, 4) is 0 Å². The van der Waals surface area contributed by atoms with Crippen molar-refractivity contribution in [1.29, 1.82) is 0 Å². The number of carbonyl (C=O) groups is 1. The summed E-state index contributed by atoms with van der Waals surface area (Å²) in [7, 11) is 1.85. The second kappa shape index (κ2) is 6.96. The van der Waals surface area contributed by atoms with Crippen molar-refractivity contribution in [2.24, 2.45) is 7.05 Å². The Morgan fingerprint density at radius 2 is 2.18 bits per heavy atom. The first-order valence-corrected chi connectivity index (χ1v) is 7.89. The van der Waals surface area contributed by atoms with Gasteiger partial charge in [-0.25, -0.2) is 9.37 Å². The van der Waals surface area contributed by atoms with E-state index in [1.54, 1.807) is 6.07 Å². The van der Waals surface area contributed by atoms with Crippen LogP contribution in [0.4, 0.5) is 4.39 Å². The highest BCUT2D eigenvalue weighted by Gasteiger charge is 2.18. The maximum Gasteiger partial charge on any atom is 0.124 e. The summed E-state index contributed by atoms with van der Waals surface area (Å²) in [5, 5.41) is 11.6. The summed E-state index contributed by atoms with van der Waals surface area (Å²) in [6.45, 7) is 4.06. The highest BCUT2D eigenvalue weighted by Crippen LogP contribution is 2.34. The molecular weight excluding hydrogens is 303 g/mol. The van der Waals surface area contributed by atoms with Gasteiger partial charge in [0.15, 0.2) is 0 Å². The molecule has 0 saturated carbocycles. The lowest BCUT2D eigenvalue weighted by Gasteiger charge is -2.09. The predicted molar refractivity (Wildman–Crippen MR) is 81.1 cm³/mol. The van der Waals surface area contributed by atoms with Crippen molar-refractivity contribution in [2.75, 3.05) is 0 Å². The first-order valence-electron chi connectivity index (χ1n) is 7.07. The SMILES string of the molecule is CC(C)c1nc(CCC(=O)[O-])n(C)c1Sc1cccc(F)c1. The van der Waals surface area contributed by atoms with Crippen LogP contribution in [-0.4, -0.2) is 15.5 Å². The Bertz CT molecular complexity index is 683. The molecule has 0 fully saturated rings. The average Bonchev–Trinajstić information content (AvgIpc) is 2.74. The van der Waals surface area contributed by atoms with Crippen LogP contribution in [0, 0.1) is 5.82 Å². The van der Waals surface area contributed by atoms with E-state index in [4.69, 9.17) is 0 Å². The van der Waals surface area contributed by atoms with Gasteiger partial charge in [0.25, 0.3) is 0 Å². The van der Waals surface area contributed by atoms with E-state index in [-0.39, 0.29) is 18.2 Å². The smallest absolute Gasteiger partial charge is 0.124 e. The van der Waals surface area contributed by atoms with Gasteiger partial charge < -0.3 is 14.5 Å². The molecule has 2 aromatic rings. The van der Waals surface area contributed by atoms with Crippen LogP contribution in [-0.2, 0) is 18.3 Å². The first kappa shape index (κ1) is 16.5. The summed E-state index contributed by atoms with van der Waals surface area (Å²) >= 11 is 1.44. The standard InChI is InChI=1S/C16H19FN2O2S/c1-10(2)15-16(22-12-6-4-5-11(17)9-12)19(3)13(18-15)7-8-14(20)21/h4-6,9-10H,7-8H2,1-3H3,(H,20,21)/p-1. The van der Waals surface area contributed by atoms with Gasteiger partial charge >= 0.3 is 0 Å². The monoisotopic (exact) mass is 321 g/mol. The highest BCUT2D eigenvalue weighted by molar-refractivity contribution is 7.99. The van der Waals surface area contributed by atoms with Crippen molar-refractivity contribution in [2.45, 2.75) is 42.5 Å². The summed E-state index contributed by atoms with van der Waals surface area (Å²) in [5.74, 6) is -0.477. The first-order chi connectivity index (χ1) is 10.4. The van der Waals surface area contributed by atoms with Crippen molar-refractivity contribution in [3.05, 3.63) is 41.6 Å². The van der Waals surface area contributed by atoms with E-state index in [0.717, 1.165) is 15.6 Å². The zero-order valence-electron chi connectivity index (χ0n) is 12.8. The van der Waals surface area contributed by atoms with Crippen LogP contribution in [0.3, 0.4) is 0 Å². The Labute approximate surface area is 133 Å². The van der Waals surface area contributed by atoms with Gasteiger partial charge in [0.05, 0.1) is 5.69 Å². The zero-order valence-corrected chi connectivity index (χ0v) is 13.6. The summed E-state index contributed by atoms with van der Waals surface area (Å²) in [6, 6.07) is 6.39. The number of nitrogens with zero attached hydrogens (tertiary/aromatic N) is 2. The van der Waals surface area contributed by atoms with Crippen LogP contribution in [0.5, 0.6) is 0 Å². The van der Waals surface area contributed by atoms with Crippen molar-refractivity contribution < 1.29 is 14.3 Å². The molecule has 1 aromatic carbocycles. The van der Waals surface area contributed by atoms with Crippen molar-refractivity contribution >= 4 is 17.7 Å². The Morgan fingerprint density at radius 3 is 2.77 bits per heavy atom. The molecule has 0 aliphatic rings. The minimum absolute atomic E-state index is 0.0630. The molecule has 118 valence electrons. The van der Waals surface area contributed by atoms with Gasteiger partial charge in [-0.1, -0.05) is 31.7 Å². The molecule has 0 saturated heterocycles. The molecule has 22 heavy (non-hydrogen) atoms. The minimum atomic E-state index is -1.09. The maximum atomic E-state index is 13.3. The Morgan fingerprint density at radius 1 is 1.45 bits per heavy atom. The number of aromatic nitrogens is 2. The fourth-order valence-corrected chi connectivity index (χ4v) is 3.30. The number of aliphatic carboxylic acids is 1. The molecule has 0 bridgehead atoms. The third-order valence-electron chi connectivity index (χ3n) is 3.27. The largest absolute Gasteiger partial charge is 0.550 e. The second-order valence-corrected chi connectivity index (χ2v) is 6.43. The minimum Gasteiger partial charge on any atom is -0.550 e. The van der Waals surface area contributed by atoms with Crippen LogP contribution in [0.25, 0.3) is 0 Å². The number of carbonyl (C=O) groups excluding carboxylic acids is 1. The summed E-state index contributed by atoms with van der Waals surface area (Å²) in [4.78, 5) is 16.0. The van der Waals surface area contributed by atoms with E-state index in [9.17, 15) is 14.3 Å². The lowest BCUT2D eigenvalue weighted by Crippen LogP contribution is -2.22. The molecule has 0 aliphatic heterocycles. The van der Waals surface area contributed by atoms with Crippen molar-refractivity contribution in [1.82, 2.24) is 9.55 Å². The molecule has 0 spiro atoms. The number of hydrogen-bond donors (Lipinski definition) is 0. The normalized spacial score (nSPS) is 11.1. The lowest BCUT2D eigenvalue weighted by atomic mass is 10.1. The molecule has 0 aliphatic carbocycles. The number of rotatable bonds is 6.